The minimum absolute atomic E-state index is 1.07. The van der Waals surface area contributed by atoms with Crippen LogP contribution in [0.1, 0.15) is 25.5 Å². The molecule has 1 aromatic rings. The van der Waals surface area contributed by atoms with E-state index in [4.69, 9.17) is 0 Å². The highest BCUT2D eigenvalue weighted by Crippen LogP contribution is 1.96. The van der Waals surface area contributed by atoms with Gasteiger partial charge >= 0.3 is 0 Å². The number of nitrogens with one attached hydrogen (secondary N) is 2. The first-order valence-electron chi connectivity index (χ1n) is 6.25. The second-order valence-corrected chi connectivity index (χ2v) is 3.88. The lowest BCUT2D eigenvalue weighted by atomic mass is 10.2. The van der Waals surface area contributed by atoms with E-state index in [1.165, 1.54) is 12.1 Å². The van der Waals surface area contributed by atoms with Crippen molar-refractivity contribution in [2.45, 2.75) is 26.2 Å². The number of aryl methyl sites for hydroxylation is 1. The summed E-state index contributed by atoms with van der Waals surface area (Å²) in [6.07, 6.45) is 5.30. The molecule has 0 saturated carbocycles. The number of pyridine rings is 1. The molecule has 0 spiro atoms. The van der Waals surface area contributed by atoms with Gasteiger partial charge in [0.25, 0.3) is 0 Å². The van der Waals surface area contributed by atoms with Crippen molar-refractivity contribution >= 4 is 0 Å². The summed E-state index contributed by atoms with van der Waals surface area (Å²) < 4.78 is 0. The summed E-state index contributed by atoms with van der Waals surface area (Å²) in [5.41, 5.74) is 1.19. The molecule has 0 aromatic carbocycles. The van der Waals surface area contributed by atoms with E-state index in [0.29, 0.717) is 0 Å². The second-order valence-electron chi connectivity index (χ2n) is 3.88. The summed E-state index contributed by atoms with van der Waals surface area (Å²) >= 11 is 0. The standard InChI is InChI=1S/C13H23N3/c1-2-14-10-6-11-15-9-5-8-13-7-3-4-12-16-13/h3-4,7,12,14-15H,2,5-6,8-11H2,1H3. The molecule has 0 amide bonds. The van der Waals surface area contributed by atoms with Crippen LogP contribution in [0.4, 0.5) is 0 Å². The van der Waals surface area contributed by atoms with Gasteiger partial charge in [-0.3, -0.25) is 4.98 Å². The van der Waals surface area contributed by atoms with Gasteiger partial charge in [-0.1, -0.05) is 13.0 Å². The molecule has 0 saturated heterocycles. The summed E-state index contributed by atoms with van der Waals surface area (Å²) in [7, 11) is 0. The first-order valence-corrected chi connectivity index (χ1v) is 6.25. The Labute approximate surface area is 98.7 Å². The molecule has 0 radical (unpaired) electrons. The molecule has 0 aliphatic rings. The van der Waals surface area contributed by atoms with Crippen LogP contribution in [0.5, 0.6) is 0 Å². The van der Waals surface area contributed by atoms with Crippen molar-refractivity contribution in [3.05, 3.63) is 30.1 Å². The monoisotopic (exact) mass is 221 g/mol. The van der Waals surface area contributed by atoms with Crippen LogP contribution in [0.3, 0.4) is 0 Å². The van der Waals surface area contributed by atoms with Gasteiger partial charge in [0.05, 0.1) is 0 Å². The van der Waals surface area contributed by atoms with Gasteiger partial charge < -0.3 is 10.6 Å². The quantitative estimate of drug-likeness (QED) is 0.622. The van der Waals surface area contributed by atoms with Gasteiger partial charge in [0.15, 0.2) is 0 Å². The average Bonchev–Trinajstić information content (AvgIpc) is 2.34. The third-order valence-corrected chi connectivity index (χ3v) is 2.47. The lowest BCUT2D eigenvalue weighted by Crippen LogP contribution is -2.22. The van der Waals surface area contributed by atoms with E-state index in [-0.39, 0.29) is 0 Å². The molecule has 0 aliphatic carbocycles. The summed E-state index contributed by atoms with van der Waals surface area (Å²) in [6.45, 7) is 6.52. The van der Waals surface area contributed by atoms with Crippen molar-refractivity contribution in [3.8, 4) is 0 Å². The molecular formula is C13H23N3. The predicted molar refractivity (Wildman–Crippen MR) is 68.6 cm³/mol. The molecule has 0 fully saturated rings. The van der Waals surface area contributed by atoms with Crippen LogP contribution in [0, 0.1) is 0 Å². The largest absolute Gasteiger partial charge is 0.317 e. The fraction of sp³-hybridized carbons (Fsp3) is 0.615. The maximum atomic E-state index is 4.30. The predicted octanol–water partition coefficient (Wildman–Crippen LogP) is 1.60. The number of aromatic nitrogens is 1. The molecule has 0 unspecified atom stereocenters. The zero-order valence-electron chi connectivity index (χ0n) is 10.2. The lowest BCUT2D eigenvalue weighted by molar-refractivity contribution is 0.591. The maximum Gasteiger partial charge on any atom is 0.0404 e. The topological polar surface area (TPSA) is 37.0 Å². The highest BCUT2D eigenvalue weighted by atomic mass is 14.9. The summed E-state index contributed by atoms with van der Waals surface area (Å²) in [6, 6.07) is 6.10. The van der Waals surface area contributed by atoms with Crippen LogP contribution in [0.25, 0.3) is 0 Å². The van der Waals surface area contributed by atoms with Gasteiger partial charge in [0.1, 0.15) is 0 Å². The van der Waals surface area contributed by atoms with Crippen LogP contribution in [-0.2, 0) is 6.42 Å². The Morgan fingerprint density at radius 1 is 1.06 bits per heavy atom. The highest BCUT2D eigenvalue weighted by molar-refractivity contribution is 5.03. The smallest absolute Gasteiger partial charge is 0.0404 e. The van der Waals surface area contributed by atoms with E-state index in [1.807, 2.05) is 18.3 Å². The van der Waals surface area contributed by atoms with E-state index in [9.17, 15) is 0 Å². The minimum atomic E-state index is 1.07. The molecule has 1 aromatic heterocycles. The van der Waals surface area contributed by atoms with Crippen LogP contribution < -0.4 is 10.6 Å². The molecular weight excluding hydrogens is 198 g/mol. The Kier molecular flexibility index (Phi) is 7.64. The average molecular weight is 221 g/mol. The normalized spacial score (nSPS) is 10.6. The van der Waals surface area contributed by atoms with Crippen molar-refractivity contribution in [3.63, 3.8) is 0 Å². The Morgan fingerprint density at radius 3 is 2.62 bits per heavy atom. The zero-order valence-corrected chi connectivity index (χ0v) is 10.2. The molecule has 3 heteroatoms. The number of hydrogen-bond acceptors (Lipinski definition) is 3. The summed E-state index contributed by atoms with van der Waals surface area (Å²) in [5.74, 6) is 0. The first-order chi connectivity index (χ1) is 7.93. The molecule has 1 rings (SSSR count). The molecule has 0 atom stereocenters. The van der Waals surface area contributed by atoms with Gasteiger partial charge in [0.2, 0.25) is 0 Å². The second kappa shape index (κ2) is 9.31. The highest BCUT2D eigenvalue weighted by Gasteiger charge is 1.93. The van der Waals surface area contributed by atoms with E-state index in [0.717, 1.165) is 39.0 Å². The first kappa shape index (κ1) is 13.1. The number of hydrogen-bond donors (Lipinski definition) is 2. The van der Waals surface area contributed by atoms with E-state index >= 15 is 0 Å². The van der Waals surface area contributed by atoms with E-state index in [1.54, 1.807) is 0 Å². The zero-order chi connectivity index (χ0) is 11.5. The fourth-order valence-electron chi connectivity index (χ4n) is 1.58. The molecule has 1 heterocycles. The van der Waals surface area contributed by atoms with Crippen molar-refractivity contribution < 1.29 is 0 Å². The Morgan fingerprint density at radius 2 is 1.88 bits per heavy atom. The number of rotatable bonds is 9. The van der Waals surface area contributed by atoms with Gasteiger partial charge in [0, 0.05) is 11.9 Å². The Bertz CT molecular complexity index is 249. The summed E-state index contributed by atoms with van der Waals surface area (Å²) in [4.78, 5) is 4.30. The van der Waals surface area contributed by atoms with E-state index < -0.39 is 0 Å². The van der Waals surface area contributed by atoms with Crippen LogP contribution in [0.2, 0.25) is 0 Å². The lowest BCUT2D eigenvalue weighted by Gasteiger charge is -2.04. The maximum absolute atomic E-state index is 4.30. The third-order valence-electron chi connectivity index (χ3n) is 2.47. The van der Waals surface area contributed by atoms with Crippen molar-refractivity contribution in [2.24, 2.45) is 0 Å². The van der Waals surface area contributed by atoms with Crippen LogP contribution in [-0.4, -0.2) is 31.2 Å². The number of nitrogens with zero attached hydrogens (tertiary/aromatic N) is 1. The molecule has 90 valence electrons. The Balaban J connectivity index is 1.89. The van der Waals surface area contributed by atoms with Crippen molar-refractivity contribution in [2.75, 3.05) is 26.2 Å². The molecule has 3 nitrogen and oxygen atoms in total. The molecule has 0 aliphatic heterocycles. The van der Waals surface area contributed by atoms with Gasteiger partial charge in [-0.25, -0.2) is 0 Å². The summed E-state index contributed by atoms with van der Waals surface area (Å²) in [5, 5.41) is 6.76. The molecule has 0 bridgehead atoms. The van der Waals surface area contributed by atoms with Gasteiger partial charge in [-0.15, -0.1) is 0 Å². The van der Waals surface area contributed by atoms with Crippen LogP contribution >= 0.6 is 0 Å². The van der Waals surface area contributed by atoms with Gasteiger partial charge in [-0.2, -0.15) is 0 Å². The van der Waals surface area contributed by atoms with Crippen molar-refractivity contribution in [1.82, 2.24) is 15.6 Å². The Hall–Kier alpha value is -0.930. The third kappa shape index (κ3) is 6.53. The van der Waals surface area contributed by atoms with Gasteiger partial charge in [-0.05, 0) is 57.6 Å². The molecule has 2 N–H and O–H groups in total. The SMILES string of the molecule is CCNCCCNCCCc1ccccn1. The van der Waals surface area contributed by atoms with E-state index in [2.05, 4.69) is 28.6 Å². The van der Waals surface area contributed by atoms with Crippen LogP contribution in [0.15, 0.2) is 24.4 Å². The molecule has 16 heavy (non-hydrogen) atoms. The fourth-order valence-corrected chi connectivity index (χ4v) is 1.58. The van der Waals surface area contributed by atoms with Crippen molar-refractivity contribution in [1.29, 1.82) is 0 Å². The minimum Gasteiger partial charge on any atom is -0.317 e.